The first-order valence-electron chi connectivity index (χ1n) is 9.90. The van der Waals surface area contributed by atoms with E-state index in [2.05, 4.69) is 42.2 Å². The van der Waals surface area contributed by atoms with Crippen LogP contribution in [0.3, 0.4) is 0 Å². The van der Waals surface area contributed by atoms with E-state index in [0.717, 1.165) is 48.6 Å². The predicted molar refractivity (Wildman–Crippen MR) is 105 cm³/mol. The van der Waals surface area contributed by atoms with Crippen molar-refractivity contribution in [1.29, 1.82) is 0 Å². The summed E-state index contributed by atoms with van der Waals surface area (Å²) in [5, 5.41) is 8.78. The molecule has 0 unspecified atom stereocenters. The van der Waals surface area contributed by atoms with E-state index in [0.29, 0.717) is 0 Å². The first kappa shape index (κ1) is 19.4. The number of unbranched alkanes of at least 4 members (excludes halogenated alkanes) is 6. The summed E-state index contributed by atoms with van der Waals surface area (Å²) in [6, 6.07) is 12.3. The fourth-order valence-electron chi connectivity index (χ4n) is 2.86. The Balaban J connectivity index is 1.89. The molecular weight excluding hydrogens is 308 g/mol. The van der Waals surface area contributed by atoms with Crippen LogP contribution in [0, 0.1) is 0 Å². The van der Waals surface area contributed by atoms with Gasteiger partial charge < -0.3 is 4.74 Å². The van der Waals surface area contributed by atoms with Gasteiger partial charge in [-0.15, -0.1) is 0 Å². The third-order valence-electron chi connectivity index (χ3n) is 4.42. The second-order valence-electron chi connectivity index (χ2n) is 6.63. The van der Waals surface area contributed by atoms with Crippen LogP contribution in [0.5, 0.6) is 5.75 Å². The number of benzene rings is 1. The summed E-state index contributed by atoms with van der Waals surface area (Å²) in [5.41, 5.74) is 2.98. The molecule has 0 bridgehead atoms. The van der Waals surface area contributed by atoms with E-state index >= 15 is 0 Å². The van der Waals surface area contributed by atoms with E-state index in [-0.39, 0.29) is 0 Å². The lowest BCUT2D eigenvalue weighted by Gasteiger charge is -2.11. The van der Waals surface area contributed by atoms with Crippen molar-refractivity contribution in [3.8, 4) is 17.0 Å². The zero-order valence-corrected chi connectivity index (χ0v) is 15.8. The molecule has 0 saturated carbocycles. The topological polar surface area (TPSA) is 35.0 Å². The van der Waals surface area contributed by atoms with Crippen LogP contribution in [-0.2, 0) is 6.42 Å². The lowest BCUT2D eigenvalue weighted by atomic mass is 10.1. The number of ether oxygens (including phenoxy) is 1. The van der Waals surface area contributed by atoms with E-state index in [4.69, 9.17) is 4.74 Å². The Labute approximate surface area is 152 Å². The molecule has 25 heavy (non-hydrogen) atoms. The molecule has 1 heterocycles. The molecule has 0 radical (unpaired) electrons. The predicted octanol–water partition coefficient (Wildman–Crippen LogP) is 6.23. The van der Waals surface area contributed by atoms with Gasteiger partial charge in [-0.25, -0.2) is 0 Å². The number of aryl methyl sites for hydroxylation is 1. The molecule has 2 aromatic rings. The molecule has 3 heteroatoms. The van der Waals surface area contributed by atoms with Gasteiger partial charge in [0.25, 0.3) is 0 Å². The van der Waals surface area contributed by atoms with Crippen LogP contribution in [-0.4, -0.2) is 16.8 Å². The summed E-state index contributed by atoms with van der Waals surface area (Å²) >= 11 is 0. The van der Waals surface area contributed by atoms with E-state index < -0.39 is 0 Å². The van der Waals surface area contributed by atoms with Gasteiger partial charge in [-0.2, -0.15) is 10.2 Å². The summed E-state index contributed by atoms with van der Waals surface area (Å²) in [6.07, 6.45) is 11.0. The van der Waals surface area contributed by atoms with Crippen molar-refractivity contribution in [2.45, 2.75) is 71.6 Å². The van der Waals surface area contributed by atoms with Gasteiger partial charge >= 0.3 is 0 Å². The zero-order valence-electron chi connectivity index (χ0n) is 15.8. The summed E-state index contributed by atoms with van der Waals surface area (Å²) in [4.78, 5) is 0. The summed E-state index contributed by atoms with van der Waals surface area (Å²) in [5.74, 6) is 0.909. The number of aromatic nitrogens is 2. The SMILES string of the molecule is CCCCCCCCOc1ccccc1-c1ccc(CCCC)nn1. The molecule has 0 aliphatic rings. The third kappa shape index (κ3) is 6.85. The van der Waals surface area contributed by atoms with E-state index in [9.17, 15) is 0 Å². The average molecular weight is 341 g/mol. The Kier molecular flexibility index (Phi) is 9.03. The Morgan fingerprint density at radius 2 is 1.52 bits per heavy atom. The van der Waals surface area contributed by atoms with Gasteiger partial charge in [0, 0.05) is 5.56 Å². The normalized spacial score (nSPS) is 10.8. The highest BCUT2D eigenvalue weighted by atomic mass is 16.5. The fraction of sp³-hybridized carbons (Fsp3) is 0.545. The molecule has 0 atom stereocenters. The molecule has 1 aromatic heterocycles. The van der Waals surface area contributed by atoms with Gasteiger partial charge in [0.2, 0.25) is 0 Å². The standard InChI is InChI=1S/C22H32N2O/c1-3-5-7-8-9-12-18-25-22-15-11-10-14-20(22)21-17-16-19(23-24-21)13-6-4-2/h10-11,14-17H,3-9,12-13,18H2,1-2H3. The highest BCUT2D eigenvalue weighted by Gasteiger charge is 2.08. The minimum absolute atomic E-state index is 0.769. The van der Waals surface area contributed by atoms with Crippen LogP contribution < -0.4 is 4.74 Å². The van der Waals surface area contributed by atoms with Gasteiger partial charge in [0.05, 0.1) is 18.0 Å². The Bertz CT molecular complexity index is 595. The smallest absolute Gasteiger partial charge is 0.128 e. The van der Waals surface area contributed by atoms with Crippen LogP contribution in [0.25, 0.3) is 11.3 Å². The molecule has 0 saturated heterocycles. The Morgan fingerprint density at radius 3 is 2.28 bits per heavy atom. The molecule has 0 spiro atoms. The number of para-hydroxylation sites is 1. The van der Waals surface area contributed by atoms with Gasteiger partial charge in [0.15, 0.2) is 0 Å². The van der Waals surface area contributed by atoms with Crippen LogP contribution in [0.2, 0.25) is 0 Å². The molecule has 0 aliphatic heterocycles. The van der Waals surface area contributed by atoms with Crippen molar-refractivity contribution in [2.24, 2.45) is 0 Å². The molecule has 0 N–H and O–H groups in total. The molecule has 0 fully saturated rings. The van der Waals surface area contributed by atoms with Crippen LogP contribution >= 0.6 is 0 Å². The summed E-state index contributed by atoms with van der Waals surface area (Å²) in [6.45, 7) is 5.21. The van der Waals surface area contributed by atoms with Crippen molar-refractivity contribution in [2.75, 3.05) is 6.61 Å². The Hall–Kier alpha value is -1.90. The second-order valence-corrected chi connectivity index (χ2v) is 6.63. The molecule has 2 rings (SSSR count). The van der Waals surface area contributed by atoms with Crippen LogP contribution in [0.4, 0.5) is 0 Å². The quantitative estimate of drug-likeness (QED) is 0.430. The molecular formula is C22H32N2O. The minimum Gasteiger partial charge on any atom is -0.493 e. The molecule has 1 aromatic carbocycles. The van der Waals surface area contributed by atoms with Gasteiger partial charge in [0.1, 0.15) is 5.75 Å². The van der Waals surface area contributed by atoms with Gasteiger partial charge in [-0.05, 0) is 43.5 Å². The van der Waals surface area contributed by atoms with Crippen molar-refractivity contribution in [1.82, 2.24) is 10.2 Å². The van der Waals surface area contributed by atoms with Gasteiger partial charge in [-0.3, -0.25) is 0 Å². The molecule has 3 nitrogen and oxygen atoms in total. The number of nitrogens with zero attached hydrogens (tertiary/aromatic N) is 2. The molecule has 0 aliphatic carbocycles. The number of rotatable bonds is 12. The second kappa shape index (κ2) is 11.6. The highest BCUT2D eigenvalue weighted by molar-refractivity contribution is 5.66. The largest absolute Gasteiger partial charge is 0.493 e. The van der Waals surface area contributed by atoms with E-state index in [1.54, 1.807) is 0 Å². The summed E-state index contributed by atoms with van der Waals surface area (Å²) in [7, 11) is 0. The van der Waals surface area contributed by atoms with E-state index in [1.165, 1.54) is 38.5 Å². The maximum atomic E-state index is 6.03. The van der Waals surface area contributed by atoms with Crippen molar-refractivity contribution in [3.63, 3.8) is 0 Å². The Morgan fingerprint density at radius 1 is 0.760 bits per heavy atom. The molecule has 0 amide bonds. The monoisotopic (exact) mass is 340 g/mol. The maximum absolute atomic E-state index is 6.03. The van der Waals surface area contributed by atoms with Crippen molar-refractivity contribution in [3.05, 3.63) is 42.1 Å². The van der Waals surface area contributed by atoms with Crippen LogP contribution in [0.1, 0.15) is 70.9 Å². The van der Waals surface area contributed by atoms with Crippen LogP contribution in [0.15, 0.2) is 36.4 Å². The fourth-order valence-corrected chi connectivity index (χ4v) is 2.86. The van der Waals surface area contributed by atoms with E-state index in [1.807, 2.05) is 18.2 Å². The van der Waals surface area contributed by atoms with Gasteiger partial charge in [-0.1, -0.05) is 64.5 Å². The first-order chi connectivity index (χ1) is 12.3. The minimum atomic E-state index is 0.769. The maximum Gasteiger partial charge on any atom is 0.128 e. The lowest BCUT2D eigenvalue weighted by molar-refractivity contribution is 0.305. The molecule has 136 valence electrons. The summed E-state index contributed by atoms with van der Waals surface area (Å²) < 4.78 is 6.03. The average Bonchev–Trinajstić information content (AvgIpc) is 2.66. The highest BCUT2D eigenvalue weighted by Crippen LogP contribution is 2.28. The van der Waals surface area contributed by atoms with Crippen molar-refractivity contribution < 1.29 is 4.74 Å². The lowest BCUT2D eigenvalue weighted by Crippen LogP contribution is -2.00. The zero-order chi connectivity index (χ0) is 17.7. The first-order valence-corrected chi connectivity index (χ1v) is 9.90. The number of hydrogen-bond donors (Lipinski definition) is 0. The number of hydrogen-bond acceptors (Lipinski definition) is 3. The third-order valence-corrected chi connectivity index (χ3v) is 4.42. The van der Waals surface area contributed by atoms with Crippen molar-refractivity contribution >= 4 is 0 Å².